The topological polar surface area (TPSA) is 93.1 Å². The van der Waals surface area contributed by atoms with Gasteiger partial charge in [0.1, 0.15) is 16.5 Å². The van der Waals surface area contributed by atoms with Crippen LogP contribution in [0, 0.1) is 0 Å². The van der Waals surface area contributed by atoms with Crippen molar-refractivity contribution in [2.24, 2.45) is 7.05 Å². The van der Waals surface area contributed by atoms with Crippen LogP contribution in [0.2, 0.25) is 0 Å². The molecular formula is C16H21N5O3S. The van der Waals surface area contributed by atoms with E-state index in [-0.39, 0.29) is 4.90 Å². The zero-order chi connectivity index (χ0) is 18.0. The van der Waals surface area contributed by atoms with E-state index in [9.17, 15) is 8.42 Å². The summed E-state index contributed by atoms with van der Waals surface area (Å²) >= 11 is 0. The highest BCUT2D eigenvalue weighted by atomic mass is 32.2. The van der Waals surface area contributed by atoms with Gasteiger partial charge in [-0.2, -0.15) is 9.40 Å². The highest BCUT2D eigenvalue weighted by molar-refractivity contribution is 7.89. The number of ether oxygens (including phenoxy) is 1. The fourth-order valence-corrected chi connectivity index (χ4v) is 4.08. The van der Waals surface area contributed by atoms with Crippen molar-refractivity contribution in [1.29, 1.82) is 0 Å². The van der Waals surface area contributed by atoms with E-state index in [0.717, 1.165) is 22.6 Å². The number of benzene rings is 1. The smallest absolute Gasteiger partial charge is 0.246 e. The average molecular weight is 363 g/mol. The van der Waals surface area contributed by atoms with Gasteiger partial charge in [-0.3, -0.25) is 4.68 Å². The summed E-state index contributed by atoms with van der Waals surface area (Å²) in [5, 5.41) is 3.94. The monoisotopic (exact) mass is 363 g/mol. The molecule has 0 saturated carbocycles. The third kappa shape index (κ3) is 3.52. The number of aryl methyl sites for hydroxylation is 1. The van der Waals surface area contributed by atoms with Gasteiger partial charge in [-0.1, -0.05) is 6.92 Å². The predicted molar refractivity (Wildman–Crippen MR) is 94.0 cm³/mol. The first-order valence-corrected chi connectivity index (χ1v) is 9.39. The van der Waals surface area contributed by atoms with Crippen molar-refractivity contribution < 1.29 is 13.2 Å². The molecule has 0 amide bonds. The fraction of sp³-hybridized carbons (Fsp3) is 0.375. The maximum Gasteiger partial charge on any atom is 0.246 e. The zero-order valence-electron chi connectivity index (χ0n) is 14.4. The number of imidazole rings is 1. The molecule has 3 rings (SSSR count). The molecule has 0 aliphatic heterocycles. The maximum atomic E-state index is 12.7. The Bertz CT molecular complexity index is 977. The van der Waals surface area contributed by atoms with E-state index < -0.39 is 10.0 Å². The lowest BCUT2D eigenvalue weighted by Gasteiger charge is -2.18. The Kier molecular flexibility index (Phi) is 4.78. The first kappa shape index (κ1) is 17.4. The van der Waals surface area contributed by atoms with Crippen LogP contribution < -0.4 is 4.74 Å². The minimum absolute atomic E-state index is 0.200. The SMILES string of the molecule is CCN(CCc1nc2ccc(OC)cc2[nH]1)S(=O)(=O)c1cnn(C)c1. The Balaban J connectivity index is 1.77. The average Bonchev–Trinajstić information content (AvgIpc) is 3.20. The van der Waals surface area contributed by atoms with E-state index in [1.807, 2.05) is 25.1 Å². The van der Waals surface area contributed by atoms with E-state index in [0.29, 0.717) is 19.5 Å². The molecule has 0 fully saturated rings. The van der Waals surface area contributed by atoms with Crippen molar-refractivity contribution in [3.8, 4) is 5.75 Å². The van der Waals surface area contributed by atoms with Crippen molar-refractivity contribution in [2.45, 2.75) is 18.2 Å². The van der Waals surface area contributed by atoms with Gasteiger partial charge in [0.2, 0.25) is 10.0 Å². The molecule has 1 aromatic carbocycles. The van der Waals surface area contributed by atoms with Crippen LogP contribution in [0.25, 0.3) is 11.0 Å². The summed E-state index contributed by atoms with van der Waals surface area (Å²) in [7, 11) is -0.248. The maximum absolute atomic E-state index is 12.7. The molecule has 8 nitrogen and oxygen atoms in total. The largest absolute Gasteiger partial charge is 0.497 e. The number of H-pyrrole nitrogens is 1. The van der Waals surface area contributed by atoms with Crippen LogP contribution in [-0.2, 0) is 23.5 Å². The Hall–Kier alpha value is -2.39. The molecule has 0 spiro atoms. The highest BCUT2D eigenvalue weighted by Crippen LogP contribution is 2.20. The first-order chi connectivity index (χ1) is 11.9. The molecule has 0 unspecified atom stereocenters. The number of aromatic nitrogens is 4. The van der Waals surface area contributed by atoms with Gasteiger partial charge in [-0.15, -0.1) is 0 Å². The summed E-state index contributed by atoms with van der Waals surface area (Å²) in [6.07, 6.45) is 3.36. The van der Waals surface area contributed by atoms with Gasteiger partial charge in [0.25, 0.3) is 0 Å². The molecule has 2 heterocycles. The number of hydrogen-bond donors (Lipinski definition) is 1. The molecular weight excluding hydrogens is 342 g/mol. The predicted octanol–water partition coefficient (Wildman–Crippen LogP) is 1.56. The van der Waals surface area contributed by atoms with Crippen molar-refractivity contribution in [2.75, 3.05) is 20.2 Å². The van der Waals surface area contributed by atoms with Gasteiger partial charge in [0.05, 0.1) is 24.3 Å². The lowest BCUT2D eigenvalue weighted by molar-refractivity contribution is 0.415. The van der Waals surface area contributed by atoms with Crippen LogP contribution in [0.4, 0.5) is 0 Å². The second-order valence-corrected chi connectivity index (χ2v) is 7.60. The summed E-state index contributed by atoms with van der Waals surface area (Å²) in [4.78, 5) is 7.92. The Labute approximate surface area is 146 Å². The van der Waals surface area contributed by atoms with E-state index in [4.69, 9.17) is 4.74 Å². The number of methoxy groups -OCH3 is 1. The van der Waals surface area contributed by atoms with Gasteiger partial charge in [0.15, 0.2) is 0 Å². The van der Waals surface area contributed by atoms with Crippen LogP contribution in [0.15, 0.2) is 35.5 Å². The summed E-state index contributed by atoms with van der Waals surface area (Å²) in [6, 6.07) is 5.59. The number of rotatable bonds is 7. The third-order valence-corrected chi connectivity index (χ3v) is 5.93. The second kappa shape index (κ2) is 6.85. The van der Waals surface area contributed by atoms with Crippen LogP contribution in [-0.4, -0.2) is 52.7 Å². The van der Waals surface area contributed by atoms with Gasteiger partial charge in [-0.05, 0) is 12.1 Å². The highest BCUT2D eigenvalue weighted by Gasteiger charge is 2.24. The lowest BCUT2D eigenvalue weighted by atomic mass is 10.3. The quantitative estimate of drug-likeness (QED) is 0.688. The number of nitrogens with zero attached hydrogens (tertiary/aromatic N) is 4. The molecule has 0 atom stereocenters. The molecule has 0 bridgehead atoms. The van der Waals surface area contributed by atoms with Crippen LogP contribution >= 0.6 is 0 Å². The Morgan fingerprint density at radius 1 is 1.36 bits per heavy atom. The molecule has 0 saturated heterocycles. The van der Waals surface area contributed by atoms with Crippen molar-refractivity contribution in [3.63, 3.8) is 0 Å². The van der Waals surface area contributed by atoms with Crippen molar-refractivity contribution >= 4 is 21.1 Å². The second-order valence-electron chi connectivity index (χ2n) is 5.66. The van der Waals surface area contributed by atoms with E-state index >= 15 is 0 Å². The molecule has 0 aliphatic carbocycles. The van der Waals surface area contributed by atoms with Crippen molar-refractivity contribution in [1.82, 2.24) is 24.1 Å². The molecule has 1 N–H and O–H groups in total. The summed E-state index contributed by atoms with van der Waals surface area (Å²) < 4.78 is 33.5. The van der Waals surface area contributed by atoms with Gasteiger partial charge in [-0.25, -0.2) is 13.4 Å². The van der Waals surface area contributed by atoms with Gasteiger partial charge in [0, 0.05) is 38.8 Å². The summed E-state index contributed by atoms with van der Waals surface area (Å²) in [6.45, 7) is 2.54. The van der Waals surface area contributed by atoms with E-state index in [2.05, 4.69) is 15.1 Å². The molecule has 134 valence electrons. The van der Waals surface area contributed by atoms with Gasteiger partial charge < -0.3 is 9.72 Å². The van der Waals surface area contributed by atoms with Gasteiger partial charge >= 0.3 is 0 Å². The summed E-state index contributed by atoms with van der Waals surface area (Å²) in [5.41, 5.74) is 1.70. The van der Waals surface area contributed by atoms with Crippen LogP contribution in [0.1, 0.15) is 12.7 Å². The molecule has 0 radical (unpaired) electrons. The van der Waals surface area contributed by atoms with E-state index in [1.54, 1.807) is 14.2 Å². The van der Waals surface area contributed by atoms with E-state index in [1.165, 1.54) is 21.4 Å². The summed E-state index contributed by atoms with van der Waals surface area (Å²) in [5.74, 6) is 1.49. The number of hydrogen-bond acceptors (Lipinski definition) is 5. The third-order valence-electron chi connectivity index (χ3n) is 4.01. The fourth-order valence-electron chi connectivity index (χ4n) is 2.65. The standard InChI is InChI=1S/C16H21N5O3S/c1-4-21(25(22,23)13-10-17-20(2)11-13)8-7-16-18-14-6-5-12(24-3)9-15(14)19-16/h5-6,9-11H,4,7-8H2,1-3H3,(H,18,19). The number of likely N-dealkylation sites (N-methyl/N-ethyl adjacent to an activating group) is 1. The zero-order valence-corrected chi connectivity index (χ0v) is 15.2. The molecule has 25 heavy (non-hydrogen) atoms. The minimum atomic E-state index is -3.55. The normalized spacial score (nSPS) is 12.2. The number of sulfonamides is 1. The minimum Gasteiger partial charge on any atom is -0.497 e. The number of fused-ring (bicyclic) bond motifs is 1. The molecule has 3 aromatic rings. The van der Waals surface area contributed by atoms with Crippen molar-refractivity contribution in [3.05, 3.63) is 36.4 Å². The molecule has 9 heteroatoms. The molecule has 2 aromatic heterocycles. The van der Waals surface area contributed by atoms with Crippen LogP contribution in [0.3, 0.4) is 0 Å². The Morgan fingerprint density at radius 3 is 2.80 bits per heavy atom. The number of aromatic amines is 1. The van der Waals surface area contributed by atoms with Crippen LogP contribution in [0.5, 0.6) is 5.75 Å². The number of nitrogens with one attached hydrogen (secondary N) is 1. The Morgan fingerprint density at radius 2 is 2.16 bits per heavy atom. The first-order valence-electron chi connectivity index (χ1n) is 7.95. The molecule has 0 aliphatic rings. The lowest BCUT2D eigenvalue weighted by Crippen LogP contribution is -2.32.